The summed E-state index contributed by atoms with van der Waals surface area (Å²) in [6, 6.07) is 15.3. The molecule has 0 aliphatic carbocycles. The number of phenolic OH excluding ortho intramolecular Hbond substituents is 1. The molecule has 0 bridgehead atoms. The number of aliphatic hydroxyl groups excluding tert-OH is 1. The Hall–Kier alpha value is -4.13. The first kappa shape index (κ1) is 24.0. The first-order chi connectivity index (χ1) is 16.7. The minimum atomic E-state index is -1.07. The predicted molar refractivity (Wildman–Crippen MR) is 131 cm³/mol. The van der Waals surface area contributed by atoms with Gasteiger partial charge in [-0.25, -0.2) is 4.39 Å². The smallest absolute Gasteiger partial charge is 0.300 e. The zero-order valence-corrected chi connectivity index (χ0v) is 19.7. The van der Waals surface area contributed by atoms with Gasteiger partial charge in [0.05, 0.1) is 18.2 Å². The molecule has 1 saturated heterocycles. The minimum Gasteiger partial charge on any atom is -0.508 e. The lowest BCUT2D eigenvalue weighted by atomic mass is 9.94. The molecule has 35 heavy (non-hydrogen) atoms. The highest BCUT2D eigenvalue weighted by molar-refractivity contribution is 6.51. The monoisotopic (exact) mass is 475 g/mol. The van der Waals surface area contributed by atoms with Crippen LogP contribution < -0.4 is 9.64 Å². The molecule has 1 aliphatic rings. The zero-order valence-electron chi connectivity index (χ0n) is 19.7. The van der Waals surface area contributed by atoms with E-state index in [1.807, 2.05) is 20.8 Å². The van der Waals surface area contributed by atoms with Crippen molar-refractivity contribution in [2.45, 2.75) is 26.8 Å². The largest absolute Gasteiger partial charge is 0.508 e. The number of carbonyl (C=O) groups excluding carboxylic acids is 2. The Morgan fingerprint density at radius 3 is 2.46 bits per heavy atom. The number of ether oxygens (including phenoxy) is 1. The number of nitrogens with zero attached hydrogens (tertiary/aromatic N) is 1. The van der Waals surface area contributed by atoms with E-state index in [2.05, 4.69) is 0 Å². The number of aromatic hydroxyl groups is 1. The number of halogens is 1. The third-order valence-electron chi connectivity index (χ3n) is 5.74. The molecule has 0 spiro atoms. The SMILES string of the molecule is Cc1cc(/C(O)=C2\C(=O)C(=O)N(c3cccc(F)c3)C2c2cccc(O)c2)ccc1OCC(C)C. The predicted octanol–water partition coefficient (Wildman–Crippen LogP) is 5.50. The van der Waals surface area contributed by atoms with Gasteiger partial charge in [0.2, 0.25) is 0 Å². The number of rotatable bonds is 6. The highest BCUT2D eigenvalue weighted by Crippen LogP contribution is 2.43. The Balaban J connectivity index is 1.86. The lowest BCUT2D eigenvalue weighted by molar-refractivity contribution is -0.132. The molecule has 1 atom stereocenters. The molecule has 1 amide bonds. The average Bonchev–Trinajstić information content (AvgIpc) is 3.08. The number of Topliss-reactive ketones (excluding diaryl/α,β-unsaturated/α-hetero) is 1. The van der Waals surface area contributed by atoms with Crippen LogP contribution in [0, 0.1) is 18.7 Å². The minimum absolute atomic E-state index is 0.0742. The third kappa shape index (κ3) is 4.75. The third-order valence-corrected chi connectivity index (χ3v) is 5.74. The molecule has 0 saturated carbocycles. The zero-order chi connectivity index (χ0) is 25.3. The van der Waals surface area contributed by atoms with Crippen molar-refractivity contribution >= 4 is 23.1 Å². The number of amides is 1. The highest BCUT2D eigenvalue weighted by Gasteiger charge is 2.47. The van der Waals surface area contributed by atoms with Crippen LogP contribution in [0.25, 0.3) is 5.76 Å². The Bertz CT molecular complexity index is 1330. The second-order valence-electron chi connectivity index (χ2n) is 8.93. The Labute approximate surface area is 202 Å². The number of carbonyl (C=O) groups is 2. The number of phenols is 1. The molecular formula is C28H26FNO5. The molecule has 6 nitrogen and oxygen atoms in total. The summed E-state index contributed by atoms with van der Waals surface area (Å²) >= 11 is 0. The Kier molecular flexibility index (Phi) is 6.60. The summed E-state index contributed by atoms with van der Waals surface area (Å²) in [5.74, 6) is -1.84. The van der Waals surface area contributed by atoms with Gasteiger partial charge in [-0.3, -0.25) is 14.5 Å². The number of benzene rings is 3. The quantitative estimate of drug-likeness (QED) is 0.279. The first-order valence-electron chi connectivity index (χ1n) is 11.3. The van der Waals surface area contributed by atoms with E-state index in [0.29, 0.717) is 29.4 Å². The van der Waals surface area contributed by atoms with Crippen molar-refractivity contribution in [2.24, 2.45) is 5.92 Å². The number of ketones is 1. The van der Waals surface area contributed by atoms with Crippen molar-refractivity contribution in [3.8, 4) is 11.5 Å². The van der Waals surface area contributed by atoms with E-state index in [0.717, 1.165) is 16.5 Å². The number of hydrogen-bond donors (Lipinski definition) is 2. The second kappa shape index (κ2) is 9.62. The van der Waals surface area contributed by atoms with Gasteiger partial charge in [0.15, 0.2) is 0 Å². The molecule has 3 aromatic rings. The maximum absolute atomic E-state index is 14.0. The fourth-order valence-corrected chi connectivity index (χ4v) is 4.11. The molecule has 0 aromatic heterocycles. The van der Waals surface area contributed by atoms with Gasteiger partial charge in [-0.15, -0.1) is 0 Å². The summed E-state index contributed by atoms with van der Waals surface area (Å²) in [4.78, 5) is 27.5. The molecule has 3 aromatic carbocycles. The molecule has 2 N–H and O–H groups in total. The van der Waals surface area contributed by atoms with E-state index in [1.54, 1.807) is 30.3 Å². The number of hydrogen-bond acceptors (Lipinski definition) is 5. The summed E-state index contributed by atoms with van der Waals surface area (Å²) in [6.07, 6.45) is 0. The second-order valence-corrected chi connectivity index (χ2v) is 8.93. The Morgan fingerprint density at radius 1 is 1.06 bits per heavy atom. The maximum Gasteiger partial charge on any atom is 0.300 e. The lowest BCUT2D eigenvalue weighted by Crippen LogP contribution is -2.29. The molecule has 1 aliphatic heterocycles. The molecular weight excluding hydrogens is 449 g/mol. The maximum atomic E-state index is 14.0. The number of aliphatic hydroxyl groups is 1. The lowest BCUT2D eigenvalue weighted by Gasteiger charge is -2.25. The molecule has 180 valence electrons. The fourth-order valence-electron chi connectivity index (χ4n) is 4.11. The standard InChI is InChI=1S/C28H26FNO5/c1-16(2)15-35-23-11-10-19(12-17(23)3)26(32)24-25(18-6-4-9-22(31)13-18)30(28(34)27(24)33)21-8-5-7-20(29)14-21/h4-14,16,25,31-32H,15H2,1-3H3/b26-24+. The number of anilines is 1. The summed E-state index contributed by atoms with van der Waals surface area (Å²) in [7, 11) is 0. The molecule has 7 heteroatoms. The summed E-state index contributed by atoms with van der Waals surface area (Å²) in [5.41, 5.74) is 1.49. The molecule has 4 rings (SSSR count). The van der Waals surface area contributed by atoms with Crippen molar-refractivity contribution in [1.82, 2.24) is 0 Å². The fraction of sp³-hybridized carbons (Fsp3) is 0.214. The van der Waals surface area contributed by atoms with Crippen molar-refractivity contribution in [1.29, 1.82) is 0 Å². The summed E-state index contributed by atoms with van der Waals surface area (Å²) in [6.45, 7) is 6.43. The molecule has 1 heterocycles. The van der Waals surface area contributed by atoms with Gasteiger partial charge in [-0.2, -0.15) is 0 Å². The number of aryl methyl sites for hydroxylation is 1. The van der Waals surface area contributed by atoms with Gasteiger partial charge < -0.3 is 14.9 Å². The topological polar surface area (TPSA) is 87.1 Å². The van der Waals surface area contributed by atoms with Crippen LogP contribution in [0.1, 0.15) is 36.6 Å². The highest BCUT2D eigenvalue weighted by atomic mass is 19.1. The van der Waals surface area contributed by atoms with Crippen LogP contribution >= 0.6 is 0 Å². The summed E-state index contributed by atoms with van der Waals surface area (Å²) in [5, 5.41) is 21.3. The van der Waals surface area contributed by atoms with E-state index < -0.39 is 23.5 Å². The van der Waals surface area contributed by atoms with Crippen molar-refractivity contribution < 1.29 is 28.9 Å². The van der Waals surface area contributed by atoms with Crippen molar-refractivity contribution in [3.63, 3.8) is 0 Å². The molecule has 0 radical (unpaired) electrons. The van der Waals surface area contributed by atoms with Gasteiger partial charge in [-0.05, 0) is 72.5 Å². The molecule has 1 fully saturated rings. The van der Waals surface area contributed by atoms with Crippen molar-refractivity contribution in [3.05, 3.63) is 94.8 Å². The van der Waals surface area contributed by atoms with Crippen LogP contribution in [-0.4, -0.2) is 28.5 Å². The first-order valence-corrected chi connectivity index (χ1v) is 11.3. The van der Waals surface area contributed by atoms with Gasteiger partial charge >= 0.3 is 0 Å². The van der Waals surface area contributed by atoms with E-state index in [4.69, 9.17) is 4.74 Å². The van der Waals surface area contributed by atoms with Gasteiger partial charge in [0, 0.05) is 11.3 Å². The van der Waals surface area contributed by atoms with E-state index in [1.165, 1.54) is 30.3 Å². The average molecular weight is 476 g/mol. The van der Waals surface area contributed by atoms with Gasteiger partial charge in [0.25, 0.3) is 11.7 Å². The van der Waals surface area contributed by atoms with Crippen LogP contribution in [0.2, 0.25) is 0 Å². The Morgan fingerprint density at radius 2 is 1.80 bits per heavy atom. The van der Waals surface area contributed by atoms with E-state index >= 15 is 0 Å². The van der Waals surface area contributed by atoms with Gasteiger partial charge in [0.1, 0.15) is 23.1 Å². The van der Waals surface area contributed by atoms with Crippen LogP contribution in [0.4, 0.5) is 10.1 Å². The van der Waals surface area contributed by atoms with Gasteiger partial charge in [-0.1, -0.05) is 32.0 Å². The van der Waals surface area contributed by atoms with E-state index in [9.17, 15) is 24.2 Å². The van der Waals surface area contributed by atoms with E-state index in [-0.39, 0.29) is 22.8 Å². The van der Waals surface area contributed by atoms with Crippen LogP contribution in [0.15, 0.2) is 72.3 Å². The normalized spacial score (nSPS) is 17.3. The summed E-state index contributed by atoms with van der Waals surface area (Å²) < 4.78 is 19.8. The molecule has 1 unspecified atom stereocenters. The van der Waals surface area contributed by atoms with Crippen LogP contribution in [-0.2, 0) is 9.59 Å². The van der Waals surface area contributed by atoms with Crippen LogP contribution in [0.5, 0.6) is 11.5 Å². The van der Waals surface area contributed by atoms with Crippen molar-refractivity contribution in [2.75, 3.05) is 11.5 Å². The van der Waals surface area contributed by atoms with Crippen LogP contribution in [0.3, 0.4) is 0 Å².